The molecule has 2 N–H and O–H groups in total. The molecular weight excluding hydrogens is 200 g/mol. The third kappa shape index (κ3) is 2.24. The van der Waals surface area contributed by atoms with Crippen LogP contribution in [0.1, 0.15) is 52.4 Å². The fourth-order valence-corrected chi connectivity index (χ4v) is 3.10. The van der Waals surface area contributed by atoms with E-state index in [0.29, 0.717) is 6.04 Å². The highest BCUT2D eigenvalue weighted by molar-refractivity contribution is 5.87. The van der Waals surface area contributed by atoms with E-state index in [9.17, 15) is 4.79 Å². The molecule has 2 fully saturated rings. The van der Waals surface area contributed by atoms with Gasteiger partial charge in [-0.1, -0.05) is 20.3 Å². The second-order valence-corrected chi connectivity index (χ2v) is 5.61. The predicted molar refractivity (Wildman–Crippen MR) is 65.2 cm³/mol. The van der Waals surface area contributed by atoms with Crippen molar-refractivity contribution in [1.29, 1.82) is 0 Å². The van der Waals surface area contributed by atoms with Gasteiger partial charge in [0.2, 0.25) is 5.91 Å². The molecule has 92 valence electrons. The van der Waals surface area contributed by atoms with Gasteiger partial charge >= 0.3 is 0 Å². The van der Waals surface area contributed by atoms with E-state index in [1.165, 1.54) is 0 Å². The van der Waals surface area contributed by atoms with Crippen LogP contribution in [0.3, 0.4) is 0 Å². The number of rotatable bonds is 4. The molecule has 1 atom stereocenters. The Hall–Kier alpha value is -0.570. The Balaban J connectivity index is 1.90. The Bertz CT molecular complexity index is 253. The highest BCUT2D eigenvalue weighted by Gasteiger charge is 2.41. The Kier molecular flexibility index (Phi) is 3.53. The number of amides is 1. The molecule has 16 heavy (non-hydrogen) atoms. The number of carbonyl (C=O) groups excluding carboxylic acids is 1. The molecular formula is C13H24N2O. The SMILES string of the molecule is CCCC1(C(=O)NC2CC(C)C2)CCCN1. The molecule has 1 amide bonds. The molecule has 1 aliphatic heterocycles. The zero-order chi connectivity index (χ0) is 11.6. The third-order valence-corrected chi connectivity index (χ3v) is 4.06. The highest BCUT2D eigenvalue weighted by Crippen LogP contribution is 2.29. The molecule has 1 unspecified atom stereocenters. The maximum Gasteiger partial charge on any atom is 0.240 e. The zero-order valence-corrected chi connectivity index (χ0v) is 10.5. The molecule has 0 bridgehead atoms. The van der Waals surface area contributed by atoms with Gasteiger partial charge in [-0.05, 0) is 44.6 Å². The summed E-state index contributed by atoms with van der Waals surface area (Å²) in [5.41, 5.74) is -0.242. The van der Waals surface area contributed by atoms with Crippen LogP contribution in [0.25, 0.3) is 0 Å². The van der Waals surface area contributed by atoms with E-state index in [1.54, 1.807) is 0 Å². The van der Waals surface area contributed by atoms with Gasteiger partial charge in [0.1, 0.15) is 0 Å². The van der Waals surface area contributed by atoms with Gasteiger partial charge in [0, 0.05) is 6.04 Å². The summed E-state index contributed by atoms with van der Waals surface area (Å²) < 4.78 is 0. The molecule has 1 saturated heterocycles. The summed E-state index contributed by atoms with van der Waals surface area (Å²) in [5.74, 6) is 1.05. The third-order valence-electron chi connectivity index (χ3n) is 4.06. The lowest BCUT2D eigenvalue weighted by Gasteiger charge is -2.37. The molecule has 3 heteroatoms. The minimum Gasteiger partial charge on any atom is -0.352 e. The first kappa shape index (κ1) is 11.9. The Morgan fingerprint density at radius 3 is 2.75 bits per heavy atom. The van der Waals surface area contributed by atoms with E-state index in [0.717, 1.165) is 51.0 Å². The average Bonchev–Trinajstić information content (AvgIpc) is 2.66. The summed E-state index contributed by atoms with van der Waals surface area (Å²) in [6, 6.07) is 0.443. The van der Waals surface area contributed by atoms with Gasteiger partial charge in [-0.3, -0.25) is 4.79 Å². The summed E-state index contributed by atoms with van der Waals surface area (Å²) >= 11 is 0. The predicted octanol–water partition coefficient (Wildman–Crippen LogP) is 1.82. The fraction of sp³-hybridized carbons (Fsp3) is 0.923. The minimum atomic E-state index is -0.242. The summed E-state index contributed by atoms with van der Waals surface area (Å²) in [7, 11) is 0. The summed E-state index contributed by atoms with van der Waals surface area (Å²) in [6.45, 7) is 5.40. The van der Waals surface area contributed by atoms with Crippen LogP contribution in [-0.2, 0) is 4.79 Å². The van der Waals surface area contributed by atoms with Crippen molar-refractivity contribution in [2.45, 2.75) is 64.0 Å². The molecule has 3 nitrogen and oxygen atoms in total. The topological polar surface area (TPSA) is 41.1 Å². The van der Waals surface area contributed by atoms with Gasteiger partial charge in [-0.15, -0.1) is 0 Å². The maximum atomic E-state index is 12.3. The van der Waals surface area contributed by atoms with Crippen LogP contribution >= 0.6 is 0 Å². The molecule has 0 aromatic rings. The van der Waals surface area contributed by atoms with Crippen LogP contribution in [0.15, 0.2) is 0 Å². The second kappa shape index (κ2) is 4.74. The van der Waals surface area contributed by atoms with E-state index in [4.69, 9.17) is 0 Å². The molecule has 0 radical (unpaired) electrons. The van der Waals surface area contributed by atoms with Crippen molar-refractivity contribution < 1.29 is 4.79 Å². The molecule has 2 aliphatic rings. The van der Waals surface area contributed by atoms with E-state index in [-0.39, 0.29) is 11.4 Å². The Labute approximate surface area is 98.4 Å². The average molecular weight is 224 g/mol. The molecule has 0 spiro atoms. The summed E-state index contributed by atoms with van der Waals surface area (Å²) in [6.07, 6.45) is 6.51. The summed E-state index contributed by atoms with van der Waals surface area (Å²) in [4.78, 5) is 12.3. The van der Waals surface area contributed by atoms with Crippen LogP contribution in [0.4, 0.5) is 0 Å². The molecule has 1 saturated carbocycles. The van der Waals surface area contributed by atoms with Gasteiger partial charge in [-0.2, -0.15) is 0 Å². The maximum absolute atomic E-state index is 12.3. The van der Waals surface area contributed by atoms with Crippen molar-refractivity contribution in [3.8, 4) is 0 Å². The number of carbonyl (C=O) groups is 1. The van der Waals surface area contributed by atoms with Crippen LogP contribution in [0.2, 0.25) is 0 Å². The minimum absolute atomic E-state index is 0.242. The first-order valence-corrected chi connectivity index (χ1v) is 6.72. The largest absolute Gasteiger partial charge is 0.352 e. The van der Waals surface area contributed by atoms with Crippen molar-refractivity contribution in [3.05, 3.63) is 0 Å². The van der Waals surface area contributed by atoms with Crippen LogP contribution in [0.5, 0.6) is 0 Å². The smallest absolute Gasteiger partial charge is 0.240 e. The van der Waals surface area contributed by atoms with Crippen molar-refractivity contribution in [2.75, 3.05) is 6.54 Å². The Morgan fingerprint density at radius 1 is 1.50 bits per heavy atom. The van der Waals surface area contributed by atoms with Crippen molar-refractivity contribution in [3.63, 3.8) is 0 Å². The first-order chi connectivity index (χ1) is 7.66. The van der Waals surface area contributed by atoms with Crippen LogP contribution < -0.4 is 10.6 Å². The monoisotopic (exact) mass is 224 g/mol. The number of hydrogen-bond acceptors (Lipinski definition) is 2. The molecule has 1 heterocycles. The lowest BCUT2D eigenvalue weighted by molar-refractivity contribution is -0.129. The molecule has 1 aliphatic carbocycles. The zero-order valence-electron chi connectivity index (χ0n) is 10.5. The highest BCUT2D eigenvalue weighted by atomic mass is 16.2. The summed E-state index contributed by atoms with van der Waals surface area (Å²) in [5, 5.41) is 6.64. The normalized spacial score (nSPS) is 38.1. The van der Waals surface area contributed by atoms with Crippen LogP contribution in [0, 0.1) is 5.92 Å². The van der Waals surface area contributed by atoms with Gasteiger partial charge in [0.05, 0.1) is 5.54 Å². The van der Waals surface area contributed by atoms with Gasteiger partial charge in [0.25, 0.3) is 0 Å². The van der Waals surface area contributed by atoms with Gasteiger partial charge in [-0.25, -0.2) is 0 Å². The first-order valence-electron chi connectivity index (χ1n) is 6.72. The van der Waals surface area contributed by atoms with Crippen molar-refractivity contribution >= 4 is 5.91 Å². The van der Waals surface area contributed by atoms with Gasteiger partial charge in [0.15, 0.2) is 0 Å². The molecule has 2 rings (SSSR count). The van der Waals surface area contributed by atoms with E-state index in [1.807, 2.05) is 0 Å². The number of nitrogens with one attached hydrogen (secondary N) is 2. The lowest BCUT2D eigenvalue weighted by Crippen LogP contribution is -2.57. The van der Waals surface area contributed by atoms with Crippen LogP contribution in [-0.4, -0.2) is 24.0 Å². The van der Waals surface area contributed by atoms with Gasteiger partial charge < -0.3 is 10.6 Å². The van der Waals surface area contributed by atoms with E-state index in [2.05, 4.69) is 24.5 Å². The van der Waals surface area contributed by atoms with Crippen molar-refractivity contribution in [1.82, 2.24) is 10.6 Å². The lowest BCUT2D eigenvalue weighted by atomic mass is 9.81. The fourth-order valence-electron chi connectivity index (χ4n) is 3.10. The quantitative estimate of drug-likeness (QED) is 0.765. The molecule has 0 aromatic heterocycles. The van der Waals surface area contributed by atoms with E-state index >= 15 is 0 Å². The number of hydrogen-bond donors (Lipinski definition) is 2. The van der Waals surface area contributed by atoms with E-state index < -0.39 is 0 Å². The second-order valence-electron chi connectivity index (χ2n) is 5.61. The van der Waals surface area contributed by atoms with Crippen molar-refractivity contribution in [2.24, 2.45) is 5.92 Å². The standard InChI is InChI=1S/C13H24N2O/c1-3-5-13(6-4-7-14-13)12(16)15-11-8-10(2)9-11/h10-11,14H,3-9H2,1-2H3,(H,15,16). The Morgan fingerprint density at radius 2 is 2.25 bits per heavy atom. The molecule has 0 aromatic carbocycles.